The second-order valence-corrected chi connectivity index (χ2v) is 4.78. The van der Waals surface area contributed by atoms with Gasteiger partial charge in [-0.2, -0.15) is 0 Å². The van der Waals surface area contributed by atoms with Crippen LogP contribution < -0.4 is 10.5 Å². The maximum absolute atomic E-state index is 13.3. The van der Waals surface area contributed by atoms with Crippen molar-refractivity contribution < 1.29 is 19.0 Å². The summed E-state index contributed by atoms with van der Waals surface area (Å²) in [6.07, 6.45) is 2.16. The maximum Gasteiger partial charge on any atom is 0.325 e. The third-order valence-corrected chi connectivity index (χ3v) is 3.08. The lowest BCUT2D eigenvalue weighted by Crippen LogP contribution is -2.22. The van der Waals surface area contributed by atoms with Gasteiger partial charge >= 0.3 is 5.97 Å². The molecule has 1 saturated carbocycles. The van der Waals surface area contributed by atoms with Crippen molar-refractivity contribution in [1.29, 1.82) is 0 Å². The fourth-order valence-corrected chi connectivity index (χ4v) is 1.85. The molecule has 0 aromatic heterocycles. The molecule has 3 N–H and O–H groups in total. The molecule has 0 aliphatic heterocycles. The topological polar surface area (TPSA) is 72.6 Å². The van der Waals surface area contributed by atoms with Crippen LogP contribution in [0.15, 0.2) is 12.1 Å². The minimum absolute atomic E-state index is 0.0438. The van der Waals surface area contributed by atoms with Crippen LogP contribution in [-0.2, 0) is 4.79 Å². The minimum Gasteiger partial charge on any atom is -0.491 e. The number of rotatable bonds is 5. The highest BCUT2D eigenvalue weighted by atomic mass is 35.5. The summed E-state index contributed by atoms with van der Waals surface area (Å²) in [5, 5.41) is 8.93. The van der Waals surface area contributed by atoms with Gasteiger partial charge in [0.25, 0.3) is 0 Å². The standard InChI is InChI=1S/C12H13ClFNO3/c13-9-4-7(14)3-8(10(15)12(16)17)11(9)18-5-6-1-2-6/h3-4,6,10H,1-2,5,15H2,(H,16,17). The van der Waals surface area contributed by atoms with Gasteiger partial charge in [0.2, 0.25) is 0 Å². The van der Waals surface area contributed by atoms with Gasteiger partial charge in [0, 0.05) is 5.56 Å². The van der Waals surface area contributed by atoms with Gasteiger partial charge in [0.15, 0.2) is 0 Å². The van der Waals surface area contributed by atoms with Crippen molar-refractivity contribution >= 4 is 17.6 Å². The third kappa shape index (κ3) is 2.91. The summed E-state index contributed by atoms with van der Waals surface area (Å²) in [6.45, 7) is 0.449. The van der Waals surface area contributed by atoms with Gasteiger partial charge in [0.1, 0.15) is 17.6 Å². The van der Waals surface area contributed by atoms with E-state index in [0.717, 1.165) is 25.0 Å². The summed E-state index contributed by atoms with van der Waals surface area (Å²) in [5.74, 6) is -1.25. The van der Waals surface area contributed by atoms with Gasteiger partial charge < -0.3 is 15.6 Å². The fourth-order valence-electron chi connectivity index (χ4n) is 1.58. The molecule has 4 nitrogen and oxygen atoms in total. The zero-order chi connectivity index (χ0) is 13.3. The largest absolute Gasteiger partial charge is 0.491 e. The lowest BCUT2D eigenvalue weighted by molar-refractivity contribution is -0.138. The molecule has 0 spiro atoms. The summed E-state index contributed by atoms with van der Waals surface area (Å²) in [6, 6.07) is 0.779. The highest BCUT2D eigenvalue weighted by Gasteiger charge is 2.26. The van der Waals surface area contributed by atoms with Crippen molar-refractivity contribution in [2.45, 2.75) is 18.9 Å². The van der Waals surface area contributed by atoms with E-state index in [1.165, 1.54) is 0 Å². The number of hydrogen-bond donors (Lipinski definition) is 2. The van der Waals surface area contributed by atoms with Crippen LogP contribution in [0.5, 0.6) is 5.75 Å². The molecule has 0 bridgehead atoms. The third-order valence-electron chi connectivity index (χ3n) is 2.80. The molecule has 18 heavy (non-hydrogen) atoms. The Morgan fingerprint density at radius 3 is 2.83 bits per heavy atom. The zero-order valence-corrected chi connectivity index (χ0v) is 10.3. The van der Waals surface area contributed by atoms with E-state index in [1.807, 2.05) is 0 Å². The van der Waals surface area contributed by atoms with E-state index in [0.29, 0.717) is 12.5 Å². The van der Waals surface area contributed by atoms with Crippen LogP contribution in [-0.4, -0.2) is 17.7 Å². The number of aliphatic carboxylic acids is 1. The normalized spacial score (nSPS) is 16.4. The molecule has 0 radical (unpaired) electrons. The Bertz CT molecular complexity index is 477. The first-order valence-corrected chi connectivity index (χ1v) is 5.97. The molecule has 2 rings (SSSR count). The number of carbonyl (C=O) groups is 1. The zero-order valence-electron chi connectivity index (χ0n) is 9.53. The molecule has 98 valence electrons. The van der Waals surface area contributed by atoms with Gasteiger partial charge in [-0.3, -0.25) is 4.79 Å². The van der Waals surface area contributed by atoms with Gasteiger partial charge in [-0.05, 0) is 30.9 Å². The Kier molecular flexibility index (Phi) is 3.73. The minimum atomic E-state index is -1.35. The molecular formula is C12H13ClFNO3. The average Bonchev–Trinajstić information content (AvgIpc) is 3.09. The first-order chi connectivity index (χ1) is 8.49. The van der Waals surface area contributed by atoms with E-state index in [1.54, 1.807) is 0 Å². The summed E-state index contributed by atoms with van der Waals surface area (Å²) >= 11 is 5.87. The van der Waals surface area contributed by atoms with Crippen LogP contribution in [0.25, 0.3) is 0 Å². The number of benzene rings is 1. The summed E-state index contributed by atoms with van der Waals surface area (Å²) in [5.41, 5.74) is 5.56. The second-order valence-electron chi connectivity index (χ2n) is 4.38. The number of halogens is 2. The second kappa shape index (κ2) is 5.12. The van der Waals surface area contributed by atoms with E-state index in [-0.39, 0.29) is 16.3 Å². The lowest BCUT2D eigenvalue weighted by Gasteiger charge is -2.15. The number of nitrogens with two attached hydrogens (primary N) is 1. The molecule has 0 heterocycles. The monoisotopic (exact) mass is 273 g/mol. The van der Waals surface area contributed by atoms with Crippen LogP contribution >= 0.6 is 11.6 Å². The highest BCUT2D eigenvalue weighted by molar-refractivity contribution is 6.32. The molecular weight excluding hydrogens is 261 g/mol. The predicted molar refractivity (Wildman–Crippen MR) is 64.2 cm³/mol. The van der Waals surface area contributed by atoms with Crippen LogP contribution in [0, 0.1) is 11.7 Å². The van der Waals surface area contributed by atoms with Crippen molar-refractivity contribution in [3.05, 3.63) is 28.5 Å². The lowest BCUT2D eigenvalue weighted by atomic mass is 10.1. The Morgan fingerprint density at radius 1 is 1.61 bits per heavy atom. The summed E-state index contributed by atoms with van der Waals surface area (Å²) < 4.78 is 18.7. The number of carboxylic acids is 1. The molecule has 1 atom stereocenters. The van der Waals surface area contributed by atoms with Crippen LogP contribution in [0.3, 0.4) is 0 Å². The number of hydrogen-bond acceptors (Lipinski definition) is 3. The van der Waals surface area contributed by atoms with Crippen LogP contribution in [0.2, 0.25) is 5.02 Å². The molecule has 1 aromatic rings. The molecule has 1 aliphatic carbocycles. The van der Waals surface area contributed by atoms with Crippen molar-refractivity contribution in [3.8, 4) is 5.75 Å². The van der Waals surface area contributed by atoms with Crippen LogP contribution in [0.1, 0.15) is 24.4 Å². The molecule has 6 heteroatoms. The van der Waals surface area contributed by atoms with Crippen molar-refractivity contribution in [2.75, 3.05) is 6.61 Å². The Morgan fingerprint density at radius 2 is 2.28 bits per heavy atom. The van der Waals surface area contributed by atoms with Gasteiger partial charge in [-0.15, -0.1) is 0 Å². The SMILES string of the molecule is NC(C(=O)O)c1cc(F)cc(Cl)c1OCC1CC1. The predicted octanol–water partition coefficient (Wildman–Crippen LogP) is 2.35. The first-order valence-electron chi connectivity index (χ1n) is 5.59. The molecule has 1 aromatic carbocycles. The smallest absolute Gasteiger partial charge is 0.325 e. The van der Waals surface area contributed by atoms with Crippen LogP contribution in [0.4, 0.5) is 4.39 Å². The molecule has 1 fully saturated rings. The number of carboxylic acid groups (broad SMARTS) is 1. The quantitative estimate of drug-likeness (QED) is 0.864. The summed E-state index contributed by atoms with van der Waals surface area (Å²) in [7, 11) is 0. The Labute approximate surface area is 108 Å². The van der Waals surface area contributed by atoms with Gasteiger partial charge in [-0.25, -0.2) is 4.39 Å². The van der Waals surface area contributed by atoms with Crippen molar-refractivity contribution in [1.82, 2.24) is 0 Å². The highest BCUT2D eigenvalue weighted by Crippen LogP contribution is 2.36. The summed E-state index contributed by atoms with van der Waals surface area (Å²) in [4.78, 5) is 10.9. The van der Waals surface area contributed by atoms with E-state index in [2.05, 4.69) is 0 Å². The molecule has 0 amide bonds. The van der Waals surface area contributed by atoms with Gasteiger partial charge in [-0.1, -0.05) is 11.6 Å². The Balaban J connectivity index is 2.30. The first kappa shape index (κ1) is 13.1. The van der Waals surface area contributed by atoms with E-state index < -0.39 is 17.8 Å². The molecule has 1 unspecified atom stereocenters. The molecule has 0 saturated heterocycles. The number of ether oxygens (including phenoxy) is 1. The molecule has 1 aliphatic rings. The average molecular weight is 274 g/mol. The van der Waals surface area contributed by atoms with Crippen molar-refractivity contribution in [3.63, 3.8) is 0 Å². The van der Waals surface area contributed by atoms with E-state index in [4.69, 9.17) is 27.2 Å². The van der Waals surface area contributed by atoms with Gasteiger partial charge in [0.05, 0.1) is 11.6 Å². The maximum atomic E-state index is 13.3. The van der Waals surface area contributed by atoms with E-state index in [9.17, 15) is 9.18 Å². The van der Waals surface area contributed by atoms with E-state index >= 15 is 0 Å². The Hall–Kier alpha value is -1.33. The van der Waals surface area contributed by atoms with Crippen molar-refractivity contribution in [2.24, 2.45) is 11.7 Å². The fraction of sp³-hybridized carbons (Fsp3) is 0.417.